The number of nitrogens with one attached hydrogen (secondary N) is 2. The number of pyridine rings is 1. The molecule has 1 aromatic carbocycles. The van der Waals surface area contributed by atoms with Gasteiger partial charge in [0, 0.05) is 36.8 Å². The number of aromatic nitrogens is 1. The van der Waals surface area contributed by atoms with Crippen LogP contribution in [0.2, 0.25) is 0 Å². The molecule has 1 saturated carbocycles. The molecule has 4 rings (SSSR count). The maximum absolute atomic E-state index is 15.5. The molecule has 2 fully saturated rings. The fraction of sp³-hybridized carbons (Fsp3) is 0.618. The molecule has 1 saturated heterocycles. The third-order valence-electron chi connectivity index (χ3n) is 8.09. The van der Waals surface area contributed by atoms with Crippen molar-refractivity contribution in [3.05, 3.63) is 59.7 Å². The molecule has 248 valence electrons. The van der Waals surface area contributed by atoms with E-state index >= 15 is 4.39 Å². The van der Waals surface area contributed by atoms with Crippen molar-refractivity contribution in [2.75, 3.05) is 18.5 Å². The highest BCUT2D eigenvalue weighted by atomic mass is 32.2. The lowest BCUT2D eigenvalue weighted by atomic mass is 9.79. The Morgan fingerprint density at radius 1 is 1.09 bits per heavy atom. The van der Waals surface area contributed by atoms with Crippen LogP contribution in [0.25, 0.3) is 0 Å². The molecule has 0 spiro atoms. The number of benzene rings is 1. The van der Waals surface area contributed by atoms with Gasteiger partial charge in [0.2, 0.25) is 5.91 Å². The molecular weight excluding hydrogens is 595 g/mol. The van der Waals surface area contributed by atoms with Crippen molar-refractivity contribution in [2.45, 2.75) is 115 Å². The zero-order valence-corrected chi connectivity index (χ0v) is 28.5. The largest absolute Gasteiger partial charge is 0.598 e. The van der Waals surface area contributed by atoms with E-state index in [0.29, 0.717) is 24.5 Å². The average molecular weight is 645 g/mol. The standard InChI is InChI=1S/C34H49FN4O5S/c1-8-19-43-26-21-29(39(22-26)31(41)44-32(2,3)4)30(40)37-28-20-25(11-12-27(28)35)34(16-13-23-9-10-23,24-14-17-36-18-15-24)38-45(42)33(5,6)7/h11-12,14-15,17-18,20,23,26,29,38H,8-10,13,16,19,21-22H2,1-7H3,(H,37,40)/t26-,29-,34+,45?/m1/s1. The van der Waals surface area contributed by atoms with Gasteiger partial charge < -0.3 is 19.3 Å². The Balaban J connectivity index is 1.69. The molecule has 2 heterocycles. The molecule has 2 aliphatic rings. The minimum atomic E-state index is -1.48. The van der Waals surface area contributed by atoms with E-state index in [1.54, 1.807) is 45.3 Å². The molecule has 1 aliphatic heterocycles. The number of rotatable bonds is 12. The third-order valence-corrected chi connectivity index (χ3v) is 9.74. The van der Waals surface area contributed by atoms with Gasteiger partial charge in [0.25, 0.3) is 0 Å². The van der Waals surface area contributed by atoms with Gasteiger partial charge in [0.15, 0.2) is 0 Å². The van der Waals surface area contributed by atoms with E-state index in [9.17, 15) is 14.1 Å². The van der Waals surface area contributed by atoms with E-state index in [4.69, 9.17) is 9.47 Å². The molecule has 0 bridgehead atoms. The van der Waals surface area contributed by atoms with Crippen LogP contribution < -0.4 is 10.0 Å². The van der Waals surface area contributed by atoms with Crippen LogP contribution in [0.15, 0.2) is 42.7 Å². The zero-order valence-electron chi connectivity index (χ0n) is 27.7. The van der Waals surface area contributed by atoms with Gasteiger partial charge >= 0.3 is 6.09 Å². The lowest BCUT2D eigenvalue weighted by Crippen LogP contribution is -2.52. The predicted octanol–water partition coefficient (Wildman–Crippen LogP) is 6.45. The van der Waals surface area contributed by atoms with Crippen molar-refractivity contribution in [3.8, 4) is 0 Å². The fourth-order valence-corrected chi connectivity index (χ4v) is 6.44. The SMILES string of the molecule is CCCO[C@@H]1C[C@H](C(=O)Nc2cc([C@@](CCC3CC3)(N[S+]([O-])C(C)(C)C)c3ccncc3)ccc2F)N(C(=O)OC(C)(C)C)C1. The number of carbonyl (C=O) groups is 2. The van der Waals surface area contributed by atoms with E-state index in [2.05, 4.69) is 15.0 Å². The van der Waals surface area contributed by atoms with Gasteiger partial charge in [-0.1, -0.05) is 25.8 Å². The number of anilines is 1. The Kier molecular flexibility index (Phi) is 11.2. The van der Waals surface area contributed by atoms with Crippen LogP contribution in [0.4, 0.5) is 14.9 Å². The first-order valence-electron chi connectivity index (χ1n) is 16.0. The first-order valence-corrected chi connectivity index (χ1v) is 17.1. The van der Waals surface area contributed by atoms with Gasteiger partial charge in [-0.2, -0.15) is 0 Å². The Morgan fingerprint density at radius 3 is 2.38 bits per heavy atom. The molecule has 9 nitrogen and oxygen atoms in total. The summed E-state index contributed by atoms with van der Waals surface area (Å²) in [7, 11) is 0. The summed E-state index contributed by atoms with van der Waals surface area (Å²) < 4.78 is 43.5. The number of nitrogens with zero attached hydrogens (tertiary/aromatic N) is 2. The van der Waals surface area contributed by atoms with Gasteiger partial charge in [-0.15, -0.1) is 4.72 Å². The van der Waals surface area contributed by atoms with Crippen LogP contribution in [0, 0.1) is 11.7 Å². The summed E-state index contributed by atoms with van der Waals surface area (Å²) in [6, 6.07) is 7.49. The second-order valence-electron chi connectivity index (χ2n) is 14.2. The second-order valence-corrected chi connectivity index (χ2v) is 16.1. The molecule has 1 aromatic heterocycles. The highest BCUT2D eigenvalue weighted by Crippen LogP contribution is 2.43. The Labute approximate surface area is 270 Å². The Morgan fingerprint density at radius 2 is 1.78 bits per heavy atom. The molecular formula is C34H49FN4O5S. The first kappa shape index (κ1) is 35.1. The molecule has 4 atom stereocenters. The van der Waals surface area contributed by atoms with Crippen LogP contribution in [-0.4, -0.2) is 62.1 Å². The number of halogens is 1. The summed E-state index contributed by atoms with van der Waals surface area (Å²) in [5.41, 5.74) is -0.192. The number of likely N-dealkylation sites (tertiary alicyclic amines) is 1. The van der Waals surface area contributed by atoms with Crippen LogP contribution >= 0.6 is 0 Å². The monoisotopic (exact) mass is 644 g/mol. The van der Waals surface area contributed by atoms with Gasteiger partial charge in [-0.25, -0.2) is 9.18 Å². The van der Waals surface area contributed by atoms with Gasteiger partial charge in [-0.3, -0.25) is 14.7 Å². The van der Waals surface area contributed by atoms with Crippen LogP contribution in [0.3, 0.4) is 0 Å². The maximum atomic E-state index is 15.5. The van der Waals surface area contributed by atoms with Crippen molar-refractivity contribution in [1.29, 1.82) is 0 Å². The van der Waals surface area contributed by atoms with Crippen molar-refractivity contribution < 1.29 is 28.0 Å². The number of hydrogen-bond acceptors (Lipinski definition) is 7. The van der Waals surface area contributed by atoms with E-state index < -0.39 is 51.1 Å². The molecule has 1 aliphatic carbocycles. The number of amides is 2. The Bertz CT molecular complexity index is 1310. The zero-order chi connectivity index (χ0) is 33.0. The molecule has 0 radical (unpaired) electrons. The van der Waals surface area contributed by atoms with Crippen molar-refractivity contribution >= 4 is 29.0 Å². The topological polar surface area (TPSA) is 116 Å². The Hall–Kier alpha value is -2.73. The molecule has 2 aromatic rings. The van der Waals surface area contributed by atoms with Crippen LogP contribution in [0.1, 0.15) is 98.1 Å². The summed E-state index contributed by atoms with van der Waals surface area (Å²) >= 11 is -1.48. The number of hydrogen-bond donors (Lipinski definition) is 2. The summed E-state index contributed by atoms with van der Waals surface area (Å²) in [6.07, 6.45) is 7.29. The van der Waals surface area contributed by atoms with Gasteiger partial charge in [-0.05, 0) is 102 Å². The van der Waals surface area contributed by atoms with E-state index in [0.717, 1.165) is 31.2 Å². The molecule has 11 heteroatoms. The first-order chi connectivity index (χ1) is 21.1. The summed E-state index contributed by atoms with van der Waals surface area (Å²) in [5.74, 6) is -0.562. The molecule has 2 N–H and O–H groups in total. The number of carbonyl (C=O) groups excluding carboxylic acids is 2. The lowest BCUT2D eigenvalue weighted by Gasteiger charge is -2.39. The number of ether oxygens (including phenoxy) is 2. The smallest absolute Gasteiger partial charge is 0.411 e. The van der Waals surface area contributed by atoms with Crippen LogP contribution in [0.5, 0.6) is 0 Å². The minimum Gasteiger partial charge on any atom is -0.598 e. The lowest BCUT2D eigenvalue weighted by molar-refractivity contribution is -0.120. The molecule has 1 unspecified atom stereocenters. The van der Waals surface area contributed by atoms with E-state index in [1.807, 2.05) is 39.8 Å². The third kappa shape index (κ3) is 9.18. The molecule has 45 heavy (non-hydrogen) atoms. The van der Waals surface area contributed by atoms with Crippen molar-refractivity contribution in [1.82, 2.24) is 14.6 Å². The van der Waals surface area contributed by atoms with E-state index in [-0.39, 0.29) is 24.8 Å². The van der Waals surface area contributed by atoms with E-state index in [1.165, 1.54) is 11.0 Å². The maximum Gasteiger partial charge on any atom is 0.411 e. The predicted molar refractivity (Wildman–Crippen MR) is 174 cm³/mol. The highest BCUT2D eigenvalue weighted by molar-refractivity contribution is 7.90. The van der Waals surface area contributed by atoms with Crippen molar-refractivity contribution in [3.63, 3.8) is 0 Å². The quantitative estimate of drug-likeness (QED) is 0.255. The minimum absolute atomic E-state index is 0.0206. The average Bonchev–Trinajstić information content (AvgIpc) is 3.70. The second kappa shape index (κ2) is 14.4. The van der Waals surface area contributed by atoms with Gasteiger partial charge in [0.05, 0.1) is 18.3 Å². The summed E-state index contributed by atoms with van der Waals surface area (Å²) in [5, 5.41) is 2.77. The van der Waals surface area contributed by atoms with Crippen molar-refractivity contribution in [2.24, 2.45) is 5.92 Å². The fourth-order valence-electron chi connectivity index (χ4n) is 5.48. The summed E-state index contributed by atoms with van der Waals surface area (Å²) in [6.45, 7) is 13.7. The molecule has 2 amide bonds. The summed E-state index contributed by atoms with van der Waals surface area (Å²) in [4.78, 5) is 32.5. The highest BCUT2D eigenvalue weighted by Gasteiger charge is 2.45. The van der Waals surface area contributed by atoms with Crippen LogP contribution in [-0.2, 0) is 31.2 Å². The van der Waals surface area contributed by atoms with Gasteiger partial charge in [0.1, 0.15) is 27.7 Å². The normalized spacial score (nSPS) is 20.9.